The van der Waals surface area contributed by atoms with Crippen molar-refractivity contribution in [1.29, 1.82) is 0 Å². The fourth-order valence-corrected chi connectivity index (χ4v) is 6.71. The van der Waals surface area contributed by atoms with E-state index >= 15 is 8.78 Å². The second kappa shape index (κ2) is 15.9. The number of carbonyl (C=O) groups is 2. The van der Waals surface area contributed by atoms with Crippen LogP contribution in [0.25, 0.3) is 0 Å². The van der Waals surface area contributed by atoms with Crippen LogP contribution in [-0.4, -0.2) is 93.6 Å². The predicted molar refractivity (Wildman–Crippen MR) is 180 cm³/mol. The molecule has 1 aliphatic heterocycles. The molecule has 2 amide bonds. The smallest absolute Gasteiger partial charge is 0.410 e. The number of ether oxygens (including phenoxy) is 6. The first-order valence-corrected chi connectivity index (χ1v) is 16.6. The number of carbonyl (C=O) groups excluding carboxylic acids is 2. The van der Waals surface area contributed by atoms with Gasteiger partial charge in [0.15, 0.2) is 11.5 Å². The molecule has 50 heavy (non-hydrogen) atoms. The number of hydrogen-bond donors (Lipinski definition) is 0. The normalized spacial score (nSPS) is 18.1. The summed E-state index contributed by atoms with van der Waals surface area (Å²) in [5.41, 5.74) is 1.37. The summed E-state index contributed by atoms with van der Waals surface area (Å²) in [4.78, 5) is 34.3. The Labute approximate surface area is 291 Å². The summed E-state index contributed by atoms with van der Waals surface area (Å²) >= 11 is 0. The summed E-state index contributed by atoms with van der Waals surface area (Å²) in [7, 11) is 7.22. The third kappa shape index (κ3) is 7.72. The Morgan fingerprint density at radius 1 is 0.940 bits per heavy atom. The van der Waals surface area contributed by atoms with Gasteiger partial charge in [0.2, 0.25) is 5.75 Å². The Balaban J connectivity index is 1.29. The number of aryl methyl sites for hydroxylation is 1. The number of halogens is 2. The highest BCUT2D eigenvalue weighted by atomic mass is 19.3. The Bertz CT molecular complexity index is 1620. The summed E-state index contributed by atoms with van der Waals surface area (Å²) in [6.07, 6.45) is 5.43. The molecule has 0 radical (unpaired) electrons. The molecule has 2 atom stereocenters. The van der Waals surface area contributed by atoms with Gasteiger partial charge in [0.25, 0.3) is 5.91 Å². The minimum atomic E-state index is -3.90. The van der Waals surface area contributed by atoms with Crippen molar-refractivity contribution in [2.75, 3.05) is 55.2 Å². The van der Waals surface area contributed by atoms with Gasteiger partial charge in [-0.25, -0.2) is 4.79 Å². The van der Waals surface area contributed by atoms with Gasteiger partial charge in [-0.3, -0.25) is 9.78 Å². The van der Waals surface area contributed by atoms with Crippen LogP contribution in [0.3, 0.4) is 0 Å². The average molecular weight is 698 g/mol. The standard InChI is InChI=1S/C37H45F2N3O8/c1-45-24-27-12-11-25(19-29(27)46-2)13-18-41(16-7-10-26-9-6-15-40-23-26)35(44)50-32-22-36(32)14-8-17-42(36)34(43)37(38,39)28-20-30(47-3)33(49-5)31(21-28)48-4/h6,9,11-12,15,19-21,23,32H,7-8,10,13-14,16-18,22,24H2,1-5H3/t32-,36?/m0/s1. The molecule has 1 saturated carbocycles. The van der Waals surface area contributed by atoms with E-state index in [4.69, 9.17) is 28.4 Å². The van der Waals surface area contributed by atoms with Crippen LogP contribution in [0.2, 0.25) is 0 Å². The molecule has 1 spiro atoms. The van der Waals surface area contributed by atoms with Gasteiger partial charge in [0.1, 0.15) is 11.9 Å². The highest BCUT2D eigenvalue weighted by Gasteiger charge is 2.67. The second-order valence-electron chi connectivity index (χ2n) is 12.5. The molecule has 1 aliphatic carbocycles. The van der Waals surface area contributed by atoms with Crippen LogP contribution < -0.4 is 18.9 Å². The molecule has 2 aromatic carbocycles. The van der Waals surface area contributed by atoms with E-state index in [0.29, 0.717) is 57.6 Å². The molecular formula is C37H45F2N3O8. The van der Waals surface area contributed by atoms with Gasteiger partial charge in [-0.05, 0) is 67.5 Å². The van der Waals surface area contributed by atoms with Gasteiger partial charge in [-0.1, -0.05) is 18.2 Å². The molecule has 2 aliphatic rings. The number of aromatic nitrogens is 1. The van der Waals surface area contributed by atoms with E-state index in [2.05, 4.69) is 4.98 Å². The molecule has 3 aromatic rings. The van der Waals surface area contributed by atoms with E-state index < -0.39 is 35.1 Å². The zero-order chi connectivity index (χ0) is 35.9. The minimum Gasteiger partial charge on any atom is -0.496 e. The number of nitrogens with zero attached hydrogens (tertiary/aromatic N) is 3. The van der Waals surface area contributed by atoms with E-state index in [0.717, 1.165) is 28.8 Å². The summed E-state index contributed by atoms with van der Waals surface area (Å²) in [6, 6.07) is 11.9. The molecule has 11 nitrogen and oxygen atoms in total. The van der Waals surface area contributed by atoms with Gasteiger partial charge in [-0.15, -0.1) is 0 Å². The van der Waals surface area contributed by atoms with Crippen molar-refractivity contribution in [2.24, 2.45) is 0 Å². The zero-order valence-electron chi connectivity index (χ0n) is 29.2. The molecule has 5 rings (SSSR count). The summed E-state index contributed by atoms with van der Waals surface area (Å²) in [5, 5.41) is 0. The lowest BCUT2D eigenvalue weighted by Crippen LogP contribution is -2.48. The van der Waals surface area contributed by atoms with Crippen LogP contribution in [0.15, 0.2) is 54.9 Å². The van der Waals surface area contributed by atoms with Gasteiger partial charge in [0, 0.05) is 56.7 Å². The quantitative estimate of drug-likeness (QED) is 0.184. The van der Waals surface area contributed by atoms with Crippen LogP contribution >= 0.6 is 0 Å². The third-order valence-electron chi connectivity index (χ3n) is 9.49. The van der Waals surface area contributed by atoms with Crippen LogP contribution in [0.5, 0.6) is 23.0 Å². The number of likely N-dealkylation sites (tertiary alicyclic amines) is 1. The number of hydrogen-bond acceptors (Lipinski definition) is 9. The minimum absolute atomic E-state index is 0.0108. The number of amides is 2. The van der Waals surface area contributed by atoms with E-state index in [1.165, 1.54) is 26.2 Å². The molecule has 2 heterocycles. The largest absolute Gasteiger partial charge is 0.496 e. The lowest BCUT2D eigenvalue weighted by molar-refractivity contribution is -0.161. The maximum atomic E-state index is 15.9. The highest BCUT2D eigenvalue weighted by Crippen LogP contribution is 2.54. The van der Waals surface area contributed by atoms with E-state index in [1.807, 2.05) is 30.3 Å². The first kappa shape index (κ1) is 36.6. The molecule has 13 heteroatoms. The summed E-state index contributed by atoms with van der Waals surface area (Å²) in [5.74, 6) is -4.40. The van der Waals surface area contributed by atoms with Crippen LogP contribution in [0, 0.1) is 0 Å². The number of rotatable bonds is 16. The average Bonchev–Trinajstić information content (AvgIpc) is 3.64. The molecule has 1 unspecified atom stereocenters. The van der Waals surface area contributed by atoms with E-state index in [-0.39, 0.29) is 30.2 Å². The first-order chi connectivity index (χ1) is 24.1. The molecule has 2 fully saturated rings. The zero-order valence-corrected chi connectivity index (χ0v) is 29.2. The predicted octanol–water partition coefficient (Wildman–Crippen LogP) is 5.80. The second-order valence-corrected chi connectivity index (χ2v) is 12.5. The molecule has 0 N–H and O–H groups in total. The van der Waals surface area contributed by atoms with Crippen molar-refractivity contribution in [3.63, 3.8) is 0 Å². The lowest BCUT2D eigenvalue weighted by atomic mass is 10.0. The molecule has 270 valence electrons. The maximum Gasteiger partial charge on any atom is 0.410 e. The number of methoxy groups -OCH3 is 5. The van der Waals surface area contributed by atoms with E-state index in [1.54, 1.807) is 31.5 Å². The molecule has 1 saturated heterocycles. The number of benzene rings is 2. The number of pyridine rings is 1. The van der Waals surface area contributed by atoms with Gasteiger partial charge >= 0.3 is 12.0 Å². The fourth-order valence-electron chi connectivity index (χ4n) is 6.71. The van der Waals surface area contributed by atoms with Crippen LogP contribution in [0.1, 0.15) is 47.9 Å². The van der Waals surface area contributed by atoms with Crippen molar-refractivity contribution >= 4 is 12.0 Å². The Morgan fingerprint density at radius 2 is 1.68 bits per heavy atom. The lowest BCUT2D eigenvalue weighted by Gasteiger charge is -2.30. The molecule has 1 aromatic heterocycles. The maximum absolute atomic E-state index is 15.9. The third-order valence-corrected chi connectivity index (χ3v) is 9.49. The monoisotopic (exact) mass is 697 g/mol. The van der Waals surface area contributed by atoms with Crippen LogP contribution in [0.4, 0.5) is 13.6 Å². The molecular weight excluding hydrogens is 652 g/mol. The highest BCUT2D eigenvalue weighted by molar-refractivity contribution is 5.87. The fraction of sp³-hybridized carbons (Fsp3) is 0.486. The van der Waals surface area contributed by atoms with Crippen molar-refractivity contribution < 1.29 is 46.8 Å². The Hall–Kier alpha value is -4.65. The summed E-state index contributed by atoms with van der Waals surface area (Å²) in [6.45, 7) is 1.31. The molecule has 0 bridgehead atoms. The van der Waals surface area contributed by atoms with Crippen molar-refractivity contribution in [2.45, 2.75) is 62.7 Å². The number of alkyl halides is 2. The van der Waals surface area contributed by atoms with Crippen LogP contribution in [-0.2, 0) is 39.6 Å². The SMILES string of the molecule is COCc1ccc(CCN(CCCc2cccnc2)C(=O)O[C@H]2CC23CCCN3C(=O)C(F)(F)c2cc(OC)c(OC)c(OC)c2)cc1OC. The van der Waals surface area contributed by atoms with Gasteiger partial charge < -0.3 is 38.2 Å². The van der Waals surface area contributed by atoms with E-state index in [9.17, 15) is 9.59 Å². The topological polar surface area (TPSA) is 109 Å². The van der Waals surface area contributed by atoms with Crippen molar-refractivity contribution in [3.05, 3.63) is 77.1 Å². The Kier molecular flexibility index (Phi) is 11.7. The van der Waals surface area contributed by atoms with Gasteiger partial charge in [-0.2, -0.15) is 8.78 Å². The summed E-state index contributed by atoms with van der Waals surface area (Å²) < 4.78 is 64.4. The van der Waals surface area contributed by atoms with Crippen molar-refractivity contribution in [1.82, 2.24) is 14.8 Å². The Morgan fingerprint density at radius 3 is 2.32 bits per heavy atom. The first-order valence-electron chi connectivity index (χ1n) is 16.6. The van der Waals surface area contributed by atoms with Crippen molar-refractivity contribution in [3.8, 4) is 23.0 Å². The van der Waals surface area contributed by atoms with Gasteiger partial charge in [0.05, 0.1) is 40.6 Å².